The van der Waals surface area contributed by atoms with Crippen LogP contribution in [0.15, 0.2) is 0 Å². The topological polar surface area (TPSA) is 72.8 Å². The minimum atomic E-state index is -1.43. The molecule has 0 aromatic heterocycles. The second-order valence-electron chi connectivity index (χ2n) is 5.71. The summed E-state index contributed by atoms with van der Waals surface area (Å²) in [5, 5.41) is 8.45. The van der Waals surface area contributed by atoms with Crippen molar-refractivity contribution in [2.75, 3.05) is 19.8 Å². The maximum absolute atomic E-state index is 12.3. The van der Waals surface area contributed by atoms with Crippen LogP contribution < -0.4 is 0 Å². The first-order valence-electron chi connectivity index (χ1n) is 8.01. The van der Waals surface area contributed by atoms with E-state index in [0.717, 1.165) is 12.8 Å². The lowest BCUT2D eigenvalue weighted by atomic mass is 9.81. The van der Waals surface area contributed by atoms with Crippen LogP contribution in [-0.2, 0) is 18.8 Å². The highest BCUT2D eigenvalue weighted by Gasteiger charge is 2.45. The third kappa shape index (κ3) is 5.08. The van der Waals surface area contributed by atoms with Crippen molar-refractivity contribution in [1.29, 1.82) is 0 Å². The summed E-state index contributed by atoms with van der Waals surface area (Å²) < 4.78 is 22.5. The molecule has 3 atom stereocenters. The van der Waals surface area contributed by atoms with E-state index in [0.29, 0.717) is 18.9 Å². The number of rotatable bonds is 9. The number of aliphatic hydroxyl groups is 1. The molecule has 0 saturated heterocycles. The summed E-state index contributed by atoms with van der Waals surface area (Å²) in [4.78, 5) is 12.3. The van der Waals surface area contributed by atoms with Crippen molar-refractivity contribution in [2.24, 2.45) is 11.8 Å². The molecule has 1 aliphatic carbocycles. The molecule has 21 heavy (non-hydrogen) atoms. The zero-order valence-corrected chi connectivity index (χ0v) is 14.3. The first-order valence-corrected chi connectivity index (χ1v) is 9.06. The van der Waals surface area contributed by atoms with Crippen LogP contribution in [0, 0.1) is 11.8 Å². The summed E-state index contributed by atoms with van der Waals surface area (Å²) in [7, 11) is -1.43. The van der Waals surface area contributed by atoms with E-state index in [2.05, 4.69) is 0 Å². The van der Waals surface area contributed by atoms with Crippen LogP contribution in [0.4, 0.5) is 0 Å². The molecule has 0 bridgehead atoms. The molecule has 0 spiro atoms. The Hall–Kier alpha value is -0.380. The lowest BCUT2D eigenvalue weighted by Gasteiger charge is -2.36. The largest absolute Gasteiger partial charge is 0.466 e. The van der Waals surface area contributed by atoms with Gasteiger partial charge in [-0.2, -0.15) is 0 Å². The molecule has 1 N–H and O–H groups in total. The number of esters is 1. The first-order chi connectivity index (χ1) is 10.1. The first kappa shape index (κ1) is 18.7. The van der Waals surface area contributed by atoms with Gasteiger partial charge < -0.3 is 19.1 Å². The number of carbonyl (C=O) groups excluding carboxylic acids is 1. The smallest absolute Gasteiger partial charge is 0.312 e. The van der Waals surface area contributed by atoms with E-state index in [1.54, 1.807) is 13.8 Å². The monoisotopic (exact) mass is 320 g/mol. The second kappa shape index (κ2) is 9.60. The molecule has 5 nitrogen and oxygen atoms in total. The Morgan fingerprint density at radius 3 is 2.43 bits per heavy atom. The second-order valence-corrected chi connectivity index (χ2v) is 6.92. The summed E-state index contributed by atoms with van der Waals surface area (Å²) in [5.74, 6) is -0.614. The van der Waals surface area contributed by atoms with Gasteiger partial charge in [0.1, 0.15) is 0 Å². The van der Waals surface area contributed by atoms with Crippen molar-refractivity contribution in [3.8, 4) is 0 Å². The van der Waals surface area contributed by atoms with E-state index >= 15 is 0 Å². The standard InChI is InChI=1S/C15H29O5P/c1-3-19-14(17)13(10-12-8-6-5-7-9-12)15(11-16,21-18)20-4-2/h12-13,16H,3-11,21H2,1-2H3. The molecule has 124 valence electrons. The van der Waals surface area contributed by atoms with Crippen molar-refractivity contribution in [3.63, 3.8) is 0 Å². The molecule has 0 aliphatic heterocycles. The van der Waals surface area contributed by atoms with Gasteiger partial charge in [-0.05, 0) is 26.2 Å². The summed E-state index contributed by atoms with van der Waals surface area (Å²) >= 11 is 0. The molecule has 3 unspecified atom stereocenters. The molecule has 0 aromatic carbocycles. The predicted molar refractivity (Wildman–Crippen MR) is 83.2 cm³/mol. The lowest BCUT2D eigenvalue weighted by Crippen LogP contribution is -2.45. The summed E-state index contributed by atoms with van der Waals surface area (Å²) in [5.41, 5.74) is 0. The molecule has 0 amide bonds. The average molecular weight is 320 g/mol. The Morgan fingerprint density at radius 1 is 1.29 bits per heavy atom. The van der Waals surface area contributed by atoms with Crippen molar-refractivity contribution < 1.29 is 23.9 Å². The van der Waals surface area contributed by atoms with Crippen LogP contribution in [0.25, 0.3) is 0 Å². The van der Waals surface area contributed by atoms with Gasteiger partial charge in [0.2, 0.25) is 0 Å². The SMILES string of the molecule is CCOC(=O)C(CC1CCCCC1)C(CO)(OCC)[PH2]=O. The van der Waals surface area contributed by atoms with E-state index in [4.69, 9.17) is 9.47 Å². The highest BCUT2D eigenvalue weighted by molar-refractivity contribution is 7.25. The maximum Gasteiger partial charge on any atom is 0.312 e. The highest BCUT2D eigenvalue weighted by atomic mass is 31.1. The third-order valence-corrected chi connectivity index (χ3v) is 5.46. The minimum absolute atomic E-state index is 0.280. The fourth-order valence-electron chi connectivity index (χ4n) is 3.17. The zero-order chi connectivity index (χ0) is 15.7. The van der Waals surface area contributed by atoms with E-state index in [1.165, 1.54) is 19.3 Å². The van der Waals surface area contributed by atoms with Crippen molar-refractivity contribution >= 4 is 14.4 Å². The van der Waals surface area contributed by atoms with Crippen LogP contribution in [-0.4, -0.2) is 36.2 Å². The van der Waals surface area contributed by atoms with Gasteiger partial charge in [-0.3, -0.25) is 4.79 Å². The van der Waals surface area contributed by atoms with Gasteiger partial charge in [-0.25, -0.2) is 0 Å². The molecular formula is C15H29O5P. The fraction of sp³-hybridized carbons (Fsp3) is 0.933. The fourth-order valence-corrected chi connectivity index (χ4v) is 3.92. The molecule has 6 heteroatoms. The quantitative estimate of drug-likeness (QED) is 0.522. The van der Waals surface area contributed by atoms with Crippen molar-refractivity contribution in [3.05, 3.63) is 0 Å². The Labute approximate surface area is 128 Å². The Kier molecular flexibility index (Phi) is 8.53. The van der Waals surface area contributed by atoms with Gasteiger partial charge in [0.15, 0.2) is 5.34 Å². The lowest BCUT2D eigenvalue weighted by molar-refractivity contribution is -0.160. The van der Waals surface area contributed by atoms with Gasteiger partial charge in [0.25, 0.3) is 0 Å². The number of ether oxygens (including phenoxy) is 2. The minimum Gasteiger partial charge on any atom is -0.466 e. The molecule has 1 saturated carbocycles. The van der Waals surface area contributed by atoms with Gasteiger partial charge in [0.05, 0.1) is 27.6 Å². The highest BCUT2D eigenvalue weighted by Crippen LogP contribution is 2.40. The van der Waals surface area contributed by atoms with E-state index < -0.39 is 32.3 Å². The summed E-state index contributed by atoms with van der Waals surface area (Å²) in [6, 6.07) is 0. The predicted octanol–water partition coefficient (Wildman–Crippen LogP) is 2.62. The molecular weight excluding hydrogens is 291 g/mol. The van der Waals surface area contributed by atoms with Crippen LogP contribution in [0.5, 0.6) is 0 Å². The maximum atomic E-state index is 12.3. The molecule has 0 aromatic rings. The Morgan fingerprint density at radius 2 is 1.95 bits per heavy atom. The average Bonchev–Trinajstić information content (AvgIpc) is 2.52. The van der Waals surface area contributed by atoms with Gasteiger partial charge >= 0.3 is 5.97 Å². The van der Waals surface area contributed by atoms with Crippen LogP contribution in [0.2, 0.25) is 0 Å². The summed E-state index contributed by atoms with van der Waals surface area (Å²) in [6.45, 7) is 3.72. The zero-order valence-electron chi connectivity index (χ0n) is 13.2. The van der Waals surface area contributed by atoms with Gasteiger partial charge in [0, 0.05) is 6.61 Å². The number of hydrogen-bond donors (Lipinski definition) is 1. The molecule has 1 rings (SSSR count). The van der Waals surface area contributed by atoms with Crippen molar-refractivity contribution in [2.45, 2.75) is 57.7 Å². The molecule has 1 fully saturated rings. The van der Waals surface area contributed by atoms with Crippen LogP contribution in [0.3, 0.4) is 0 Å². The van der Waals surface area contributed by atoms with Crippen LogP contribution in [0.1, 0.15) is 52.4 Å². The number of carbonyl (C=O) groups is 1. The summed E-state index contributed by atoms with van der Waals surface area (Å²) in [6.07, 6.45) is 6.34. The van der Waals surface area contributed by atoms with Crippen molar-refractivity contribution in [1.82, 2.24) is 0 Å². The molecule has 0 radical (unpaired) electrons. The van der Waals surface area contributed by atoms with Crippen LogP contribution >= 0.6 is 8.46 Å². The molecule has 1 aliphatic rings. The Bertz CT molecular complexity index is 330. The van der Waals surface area contributed by atoms with E-state index in [1.807, 2.05) is 0 Å². The van der Waals surface area contributed by atoms with Gasteiger partial charge in [-0.1, -0.05) is 32.1 Å². The number of aliphatic hydroxyl groups excluding tert-OH is 1. The number of hydrogen-bond acceptors (Lipinski definition) is 5. The normalized spacial score (nSPS) is 21.3. The van der Waals surface area contributed by atoms with Gasteiger partial charge in [-0.15, -0.1) is 0 Å². The Balaban J connectivity index is 2.92. The molecule has 0 heterocycles. The van der Waals surface area contributed by atoms with E-state index in [9.17, 15) is 14.5 Å². The third-order valence-electron chi connectivity index (χ3n) is 4.31. The van der Waals surface area contributed by atoms with E-state index in [-0.39, 0.29) is 6.61 Å².